The molecule has 0 unspecified atom stereocenters. The zero-order valence-corrected chi connectivity index (χ0v) is 13.2. The van der Waals surface area contributed by atoms with E-state index in [2.05, 4.69) is 4.72 Å². The van der Waals surface area contributed by atoms with E-state index in [4.69, 9.17) is 0 Å². The molecular weight excluding hydrogens is 298 g/mol. The maximum Gasteiger partial charge on any atom is 0.240 e. The molecule has 3 rings (SSSR count). The van der Waals surface area contributed by atoms with E-state index in [0.717, 1.165) is 30.0 Å². The highest BCUT2D eigenvalue weighted by molar-refractivity contribution is 7.89. The summed E-state index contributed by atoms with van der Waals surface area (Å²) in [6.07, 6.45) is 3.15. The van der Waals surface area contributed by atoms with Gasteiger partial charge in [-0.05, 0) is 48.1 Å². The van der Waals surface area contributed by atoms with Crippen molar-refractivity contribution < 1.29 is 13.5 Å². The lowest BCUT2D eigenvalue weighted by molar-refractivity contribution is 0.102. The molecule has 2 aromatic carbocycles. The summed E-state index contributed by atoms with van der Waals surface area (Å²) < 4.78 is 27.5. The molecule has 0 spiro atoms. The summed E-state index contributed by atoms with van der Waals surface area (Å²) in [6, 6.07) is 12.9. The molecule has 4 nitrogen and oxygen atoms in total. The largest absolute Gasteiger partial charge is 0.393 e. The molecule has 0 amide bonds. The molecule has 0 saturated heterocycles. The Morgan fingerprint density at radius 3 is 2.64 bits per heavy atom. The lowest BCUT2D eigenvalue weighted by Gasteiger charge is -2.25. The Labute approximate surface area is 131 Å². The average Bonchev–Trinajstić information content (AvgIpc) is 2.53. The van der Waals surface area contributed by atoms with Crippen molar-refractivity contribution in [3.8, 4) is 0 Å². The van der Waals surface area contributed by atoms with Gasteiger partial charge in [-0.15, -0.1) is 0 Å². The maximum absolute atomic E-state index is 12.4. The number of benzene rings is 2. The predicted octanol–water partition coefficient (Wildman–Crippen LogP) is 2.67. The van der Waals surface area contributed by atoms with Gasteiger partial charge in [-0.1, -0.05) is 36.8 Å². The Morgan fingerprint density at radius 2 is 1.86 bits per heavy atom. The second-order valence-electron chi connectivity index (χ2n) is 6.05. The predicted molar refractivity (Wildman–Crippen MR) is 87.1 cm³/mol. The van der Waals surface area contributed by atoms with Gasteiger partial charge in [0.15, 0.2) is 0 Å². The number of fused-ring (bicyclic) bond motifs is 1. The van der Waals surface area contributed by atoms with Gasteiger partial charge >= 0.3 is 0 Å². The number of aliphatic hydroxyl groups excluding tert-OH is 1. The normalized spacial score (nSPS) is 22.8. The molecule has 2 atom stereocenters. The van der Waals surface area contributed by atoms with E-state index in [-0.39, 0.29) is 12.0 Å². The summed E-state index contributed by atoms with van der Waals surface area (Å²) in [7, 11) is -3.50. The van der Waals surface area contributed by atoms with Crippen molar-refractivity contribution in [2.24, 2.45) is 5.92 Å². The monoisotopic (exact) mass is 319 g/mol. The summed E-state index contributed by atoms with van der Waals surface area (Å²) in [6.45, 7) is 0.395. The van der Waals surface area contributed by atoms with E-state index in [1.807, 2.05) is 30.3 Å². The van der Waals surface area contributed by atoms with Crippen LogP contribution in [0.2, 0.25) is 0 Å². The summed E-state index contributed by atoms with van der Waals surface area (Å²) in [5, 5.41) is 11.6. The first-order valence-corrected chi connectivity index (χ1v) is 9.19. The third-order valence-electron chi connectivity index (χ3n) is 4.35. The molecule has 5 heteroatoms. The molecule has 118 valence electrons. The van der Waals surface area contributed by atoms with Crippen molar-refractivity contribution in [1.82, 2.24) is 4.72 Å². The van der Waals surface area contributed by atoms with Crippen LogP contribution in [-0.4, -0.2) is 26.2 Å². The van der Waals surface area contributed by atoms with Crippen LogP contribution in [0.5, 0.6) is 0 Å². The summed E-state index contributed by atoms with van der Waals surface area (Å²) in [5.41, 5.74) is 0. The van der Waals surface area contributed by atoms with E-state index >= 15 is 0 Å². The van der Waals surface area contributed by atoms with E-state index in [9.17, 15) is 13.5 Å². The molecule has 22 heavy (non-hydrogen) atoms. The first-order chi connectivity index (χ1) is 10.5. The molecule has 1 saturated carbocycles. The summed E-state index contributed by atoms with van der Waals surface area (Å²) >= 11 is 0. The highest BCUT2D eigenvalue weighted by Gasteiger charge is 2.22. The lowest BCUT2D eigenvalue weighted by atomic mass is 9.87. The van der Waals surface area contributed by atoms with Gasteiger partial charge in [0.1, 0.15) is 0 Å². The number of nitrogens with one attached hydrogen (secondary N) is 1. The van der Waals surface area contributed by atoms with Crippen molar-refractivity contribution >= 4 is 20.8 Å². The minimum atomic E-state index is -3.50. The number of aliphatic hydroxyl groups is 1. The molecule has 0 aliphatic heterocycles. The van der Waals surface area contributed by atoms with Crippen molar-refractivity contribution in [2.75, 3.05) is 6.54 Å². The Balaban J connectivity index is 1.73. The van der Waals surface area contributed by atoms with E-state index in [1.165, 1.54) is 0 Å². The molecule has 0 radical (unpaired) electrons. The second kappa shape index (κ2) is 6.36. The molecule has 2 aromatic rings. The van der Waals surface area contributed by atoms with Gasteiger partial charge in [0.2, 0.25) is 10.0 Å². The van der Waals surface area contributed by atoms with Crippen molar-refractivity contribution in [3.63, 3.8) is 0 Å². The van der Waals surface area contributed by atoms with Crippen molar-refractivity contribution in [3.05, 3.63) is 42.5 Å². The van der Waals surface area contributed by atoms with Gasteiger partial charge in [-0.25, -0.2) is 13.1 Å². The molecule has 1 aliphatic rings. The van der Waals surface area contributed by atoms with Gasteiger partial charge < -0.3 is 5.11 Å². The summed E-state index contributed by atoms with van der Waals surface area (Å²) in [4.78, 5) is 0.294. The Kier molecular flexibility index (Phi) is 4.47. The van der Waals surface area contributed by atoms with Crippen LogP contribution in [0.4, 0.5) is 0 Å². The smallest absolute Gasteiger partial charge is 0.240 e. The number of rotatable bonds is 4. The van der Waals surface area contributed by atoms with Crippen LogP contribution in [0.1, 0.15) is 25.7 Å². The van der Waals surface area contributed by atoms with E-state index in [1.54, 1.807) is 12.1 Å². The average molecular weight is 319 g/mol. The molecule has 1 fully saturated rings. The fourth-order valence-corrected chi connectivity index (χ4v) is 4.24. The third-order valence-corrected chi connectivity index (χ3v) is 5.77. The molecular formula is C17H21NO3S. The number of hydrogen-bond acceptors (Lipinski definition) is 3. The number of hydrogen-bond donors (Lipinski definition) is 2. The van der Waals surface area contributed by atoms with Crippen LogP contribution < -0.4 is 4.72 Å². The highest BCUT2D eigenvalue weighted by Crippen LogP contribution is 2.24. The quantitative estimate of drug-likeness (QED) is 0.910. The Morgan fingerprint density at radius 1 is 1.09 bits per heavy atom. The molecule has 0 heterocycles. The topological polar surface area (TPSA) is 66.4 Å². The van der Waals surface area contributed by atoms with Gasteiger partial charge in [-0.3, -0.25) is 0 Å². The van der Waals surface area contributed by atoms with Gasteiger partial charge in [0, 0.05) is 6.54 Å². The zero-order chi connectivity index (χ0) is 15.6. The lowest BCUT2D eigenvalue weighted by Crippen LogP contribution is -2.33. The third kappa shape index (κ3) is 3.48. The van der Waals surface area contributed by atoms with Crippen molar-refractivity contribution in [1.29, 1.82) is 0 Å². The van der Waals surface area contributed by atoms with Crippen LogP contribution >= 0.6 is 0 Å². The van der Waals surface area contributed by atoms with Crippen LogP contribution in [0.3, 0.4) is 0 Å². The second-order valence-corrected chi connectivity index (χ2v) is 7.81. The van der Waals surface area contributed by atoms with Crippen LogP contribution in [0, 0.1) is 5.92 Å². The molecule has 0 aromatic heterocycles. The first kappa shape index (κ1) is 15.5. The van der Waals surface area contributed by atoms with Gasteiger partial charge in [-0.2, -0.15) is 0 Å². The zero-order valence-electron chi connectivity index (χ0n) is 12.4. The van der Waals surface area contributed by atoms with Gasteiger partial charge in [0.25, 0.3) is 0 Å². The molecule has 1 aliphatic carbocycles. The highest BCUT2D eigenvalue weighted by atomic mass is 32.2. The number of sulfonamides is 1. The summed E-state index contributed by atoms with van der Waals surface area (Å²) in [5.74, 6) is 0.221. The van der Waals surface area contributed by atoms with Crippen LogP contribution in [-0.2, 0) is 10.0 Å². The van der Waals surface area contributed by atoms with E-state index < -0.39 is 10.0 Å². The standard InChI is InChI=1S/C17H21NO3S/c19-16-7-3-4-13(10-16)12-18-22(20,21)17-9-8-14-5-1-2-6-15(14)11-17/h1-2,5-6,8-9,11,13,16,18-19H,3-4,7,10,12H2/t13-,16-/m0/s1. The Hall–Kier alpha value is -1.43. The van der Waals surface area contributed by atoms with Crippen LogP contribution in [0.15, 0.2) is 47.4 Å². The molecule has 2 N–H and O–H groups in total. The van der Waals surface area contributed by atoms with Crippen LogP contribution in [0.25, 0.3) is 10.8 Å². The maximum atomic E-state index is 12.4. The fourth-order valence-electron chi connectivity index (χ4n) is 3.09. The van der Waals surface area contributed by atoms with Gasteiger partial charge in [0.05, 0.1) is 11.0 Å². The fraction of sp³-hybridized carbons (Fsp3) is 0.412. The minimum Gasteiger partial charge on any atom is -0.393 e. The SMILES string of the molecule is O=S(=O)(NC[C@H]1CCC[C@H](O)C1)c1ccc2ccccc2c1. The Bertz CT molecular complexity index is 757. The molecule has 0 bridgehead atoms. The first-order valence-electron chi connectivity index (χ1n) is 7.71. The van der Waals surface area contributed by atoms with E-state index in [0.29, 0.717) is 17.9 Å². The van der Waals surface area contributed by atoms with Crippen molar-refractivity contribution in [2.45, 2.75) is 36.7 Å². The minimum absolute atomic E-state index is 0.221.